The van der Waals surface area contributed by atoms with Crippen LogP contribution in [0, 0.1) is 12.3 Å². The van der Waals surface area contributed by atoms with Gasteiger partial charge in [-0.2, -0.15) is 0 Å². The van der Waals surface area contributed by atoms with E-state index in [1.807, 2.05) is 6.07 Å². The summed E-state index contributed by atoms with van der Waals surface area (Å²) in [6.45, 7) is 10.3. The van der Waals surface area contributed by atoms with E-state index in [0.29, 0.717) is 5.56 Å². The Morgan fingerprint density at radius 1 is 1.33 bits per heavy atom. The maximum absolute atomic E-state index is 12.0. The second-order valence-electron chi connectivity index (χ2n) is 6.65. The van der Waals surface area contributed by atoms with Crippen molar-refractivity contribution in [2.24, 2.45) is 0 Å². The van der Waals surface area contributed by atoms with E-state index in [4.69, 9.17) is 11.2 Å². The zero-order valence-electron chi connectivity index (χ0n) is 13.7. The molecule has 0 aromatic heterocycles. The van der Waals surface area contributed by atoms with Crippen molar-refractivity contribution in [1.82, 2.24) is 0 Å². The fraction of sp³-hybridized carbons (Fsp3) is 0.526. The average molecular weight is 284 g/mol. The molecule has 2 heteroatoms. The van der Waals surface area contributed by atoms with Crippen LogP contribution in [0.15, 0.2) is 12.1 Å². The maximum atomic E-state index is 12.0. The summed E-state index contributed by atoms with van der Waals surface area (Å²) in [6.07, 6.45) is 8.34. The van der Waals surface area contributed by atoms with E-state index in [9.17, 15) is 4.79 Å². The molecule has 1 heterocycles. The third-order valence-electron chi connectivity index (χ3n) is 4.74. The first-order chi connectivity index (χ1) is 9.78. The van der Waals surface area contributed by atoms with Gasteiger partial charge in [0.25, 0.3) is 0 Å². The number of carbonyl (C=O) groups excluding carboxylic acids is 1. The summed E-state index contributed by atoms with van der Waals surface area (Å²) in [5.41, 5.74) is 2.16. The summed E-state index contributed by atoms with van der Waals surface area (Å²) >= 11 is 0. The van der Waals surface area contributed by atoms with E-state index < -0.39 is 0 Å². The monoisotopic (exact) mass is 284 g/mol. The molecule has 1 aromatic carbocycles. The fourth-order valence-corrected chi connectivity index (χ4v) is 3.38. The number of ketones is 1. The molecular weight excluding hydrogens is 260 g/mol. The van der Waals surface area contributed by atoms with Crippen molar-refractivity contribution in [3.63, 3.8) is 0 Å². The molecule has 2 nitrogen and oxygen atoms in total. The predicted octanol–water partition coefficient (Wildman–Crippen LogP) is 4.49. The molecule has 0 fully saturated rings. The standard InChI is InChI=1S/C19H24O2/c1-7-14-10-15(13(4)20)17-16(11-14)18(5,6)12-19(8-2,9-3)21-17/h1,10-11H,8-9,12H2,2-6H3. The molecule has 0 bridgehead atoms. The van der Waals surface area contributed by atoms with Crippen LogP contribution >= 0.6 is 0 Å². The summed E-state index contributed by atoms with van der Waals surface area (Å²) < 4.78 is 6.36. The van der Waals surface area contributed by atoms with E-state index in [0.717, 1.165) is 36.1 Å². The highest BCUT2D eigenvalue weighted by Gasteiger charge is 2.44. The lowest BCUT2D eigenvalue weighted by molar-refractivity contribution is 0.0110. The molecule has 21 heavy (non-hydrogen) atoms. The van der Waals surface area contributed by atoms with Crippen molar-refractivity contribution in [2.75, 3.05) is 0 Å². The van der Waals surface area contributed by atoms with E-state index in [2.05, 4.69) is 33.6 Å². The highest BCUT2D eigenvalue weighted by Crippen LogP contribution is 2.49. The van der Waals surface area contributed by atoms with Gasteiger partial charge in [-0.25, -0.2) is 0 Å². The van der Waals surface area contributed by atoms with Crippen molar-refractivity contribution in [3.05, 3.63) is 28.8 Å². The second-order valence-corrected chi connectivity index (χ2v) is 6.65. The molecule has 0 N–H and O–H groups in total. The molecular formula is C19H24O2. The van der Waals surface area contributed by atoms with E-state index in [1.54, 1.807) is 13.0 Å². The Morgan fingerprint density at radius 2 is 1.95 bits per heavy atom. The van der Waals surface area contributed by atoms with E-state index in [1.165, 1.54) is 0 Å². The SMILES string of the molecule is C#Cc1cc(C(C)=O)c2c(c1)C(C)(C)CC(CC)(CC)O2. The van der Waals surface area contributed by atoms with Crippen molar-refractivity contribution in [1.29, 1.82) is 0 Å². The van der Waals surface area contributed by atoms with Gasteiger partial charge in [0, 0.05) is 11.1 Å². The van der Waals surface area contributed by atoms with Gasteiger partial charge in [0.05, 0.1) is 5.56 Å². The molecule has 0 spiro atoms. The second kappa shape index (κ2) is 5.22. The smallest absolute Gasteiger partial charge is 0.163 e. The number of carbonyl (C=O) groups is 1. The van der Waals surface area contributed by atoms with Gasteiger partial charge in [0.2, 0.25) is 0 Å². The third kappa shape index (κ3) is 2.58. The number of hydrogen-bond acceptors (Lipinski definition) is 2. The van der Waals surface area contributed by atoms with Crippen LogP contribution in [0.3, 0.4) is 0 Å². The quantitative estimate of drug-likeness (QED) is 0.604. The summed E-state index contributed by atoms with van der Waals surface area (Å²) in [6, 6.07) is 3.77. The van der Waals surface area contributed by atoms with E-state index in [-0.39, 0.29) is 16.8 Å². The van der Waals surface area contributed by atoms with Crippen molar-refractivity contribution >= 4 is 5.78 Å². The van der Waals surface area contributed by atoms with Crippen LogP contribution in [0.1, 0.15) is 75.4 Å². The van der Waals surface area contributed by atoms with Crippen LogP contribution in [0.2, 0.25) is 0 Å². The molecule has 0 unspecified atom stereocenters. The number of Topliss-reactive ketones (excluding diaryl/α,β-unsaturated/α-hetero) is 1. The van der Waals surface area contributed by atoms with Crippen LogP contribution in [0.25, 0.3) is 0 Å². The summed E-state index contributed by atoms with van der Waals surface area (Å²) in [7, 11) is 0. The Bertz CT molecular complexity index is 613. The largest absolute Gasteiger partial charge is 0.486 e. The minimum atomic E-state index is -0.196. The zero-order valence-corrected chi connectivity index (χ0v) is 13.7. The minimum Gasteiger partial charge on any atom is -0.486 e. The molecule has 0 radical (unpaired) electrons. The Hall–Kier alpha value is -1.75. The van der Waals surface area contributed by atoms with Gasteiger partial charge < -0.3 is 4.74 Å². The molecule has 1 aliphatic rings. The summed E-state index contributed by atoms with van der Waals surface area (Å²) in [4.78, 5) is 12.0. The minimum absolute atomic E-state index is 0.00200. The first kappa shape index (κ1) is 15.6. The zero-order chi connectivity index (χ0) is 15.8. The predicted molar refractivity (Wildman–Crippen MR) is 86.0 cm³/mol. The molecule has 112 valence electrons. The molecule has 0 amide bonds. The summed E-state index contributed by atoms with van der Waals surface area (Å²) in [5, 5.41) is 0. The fourth-order valence-electron chi connectivity index (χ4n) is 3.38. The van der Waals surface area contributed by atoms with Gasteiger partial charge in [-0.1, -0.05) is 33.6 Å². The normalized spacial score (nSPS) is 18.3. The molecule has 0 saturated carbocycles. The number of fused-ring (bicyclic) bond motifs is 1. The number of rotatable bonds is 3. The summed E-state index contributed by atoms with van der Waals surface area (Å²) in [5.74, 6) is 3.39. The molecule has 0 atom stereocenters. The van der Waals surface area contributed by atoms with Crippen molar-refractivity contribution in [3.8, 4) is 18.1 Å². The molecule has 1 aromatic rings. The Kier molecular flexibility index (Phi) is 3.89. The van der Waals surface area contributed by atoms with Crippen LogP contribution in [0.5, 0.6) is 5.75 Å². The molecule has 1 aliphatic heterocycles. The van der Waals surface area contributed by atoms with Crippen LogP contribution < -0.4 is 4.74 Å². The first-order valence-electron chi connectivity index (χ1n) is 7.63. The van der Waals surface area contributed by atoms with Crippen molar-refractivity contribution < 1.29 is 9.53 Å². The van der Waals surface area contributed by atoms with Gasteiger partial charge in [-0.3, -0.25) is 4.79 Å². The molecule has 0 saturated heterocycles. The van der Waals surface area contributed by atoms with Crippen LogP contribution in [0.4, 0.5) is 0 Å². The Balaban J connectivity index is 2.73. The lowest BCUT2D eigenvalue weighted by Crippen LogP contribution is -2.45. The van der Waals surface area contributed by atoms with Crippen LogP contribution in [-0.4, -0.2) is 11.4 Å². The van der Waals surface area contributed by atoms with Gasteiger partial charge >= 0.3 is 0 Å². The number of benzene rings is 1. The van der Waals surface area contributed by atoms with Gasteiger partial charge in [-0.15, -0.1) is 6.42 Å². The van der Waals surface area contributed by atoms with Crippen molar-refractivity contribution in [2.45, 2.75) is 64.9 Å². The molecule has 0 aliphatic carbocycles. The lowest BCUT2D eigenvalue weighted by Gasteiger charge is -2.46. The lowest BCUT2D eigenvalue weighted by atomic mass is 9.70. The third-order valence-corrected chi connectivity index (χ3v) is 4.74. The number of hydrogen-bond donors (Lipinski definition) is 0. The van der Waals surface area contributed by atoms with Gasteiger partial charge in [-0.05, 0) is 43.7 Å². The highest BCUT2D eigenvalue weighted by molar-refractivity contribution is 5.98. The Labute approximate surface area is 127 Å². The highest BCUT2D eigenvalue weighted by atomic mass is 16.5. The maximum Gasteiger partial charge on any atom is 0.163 e. The average Bonchev–Trinajstić information content (AvgIpc) is 2.45. The Morgan fingerprint density at radius 3 is 2.43 bits per heavy atom. The van der Waals surface area contributed by atoms with Gasteiger partial charge in [0.1, 0.15) is 11.4 Å². The first-order valence-corrected chi connectivity index (χ1v) is 7.63. The van der Waals surface area contributed by atoms with Crippen LogP contribution in [-0.2, 0) is 5.41 Å². The van der Waals surface area contributed by atoms with Gasteiger partial charge in [0.15, 0.2) is 5.78 Å². The number of terminal acetylenes is 1. The number of ether oxygens (including phenoxy) is 1. The topological polar surface area (TPSA) is 26.3 Å². The molecule has 2 rings (SSSR count). The van der Waals surface area contributed by atoms with E-state index >= 15 is 0 Å².